The maximum Gasteiger partial charge on any atom is 0.416 e. The number of aromatic nitrogens is 2. The molecule has 1 saturated carbocycles. The number of benzene rings is 1. The van der Waals surface area contributed by atoms with Crippen LogP contribution in [0.5, 0.6) is 0 Å². The minimum absolute atomic E-state index is 0.178. The van der Waals surface area contributed by atoms with Crippen molar-refractivity contribution in [2.75, 3.05) is 6.54 Å². The monoisotopic (exact) mass is 353 g/mol. The van der Waals surface area contributed by atoms with Gasteiger partial charge in [0.05, 0.1) is 18.2 Å². The van der Waals surface area contributed by atoms with E-state index in [2.05, 4.69) is 10.1 Å². The van der Waals surface area contributed by atoms with Gasteiger partial charge in [0.2, 0.25) is 5.89 Å². The Labute approximate surface area is 142 Å². The highest BCUT2D eigenvalue weighted by Gasteiger charge is 2.40. The number of likely N-dealkylation sites (tertiary alicyclic amines) is 1. The fourth-order valence-electron chi connectivity index (χ4n) is 3.43. The third-order valence-corrected chi connectivity index (χ3v) is 4.76. The third kappa shape index (κ3) is 3.41. The molecule has 2 heterocycles. The van der Waals surface area contributed by atoms with Crippen molar-refractivity contribution < 1.29 is 22.8 Å². The van der Waals surface area contributed by atoms with Gasteiger partial charge in [-0.15, -0.1) is 0 Å². The summed E-state index contributed by atoms with van der Waals surface area (Å²) in [6, 6.07) is 4.99. The first-order chi connectivity index (χ1) is 11.9. The molecule has 1 aromatic heterocycles. The molecule has 2 fully saturated rings. The summed E-state index contributed by atoms with van der Waals surface area (Å²) in [5.41, 5.74) is -0.483. The van der Waals surface area contributed by atoms with E-state index in [1.165, 1.54) is 12.1 Å². The number of aliphatic hydroxyl groups is 1. The molecule has 1 aromatic carbocycles. The summed E-state index contributed by atoms with van der Waals surface area (Å²) < 4.78 is 45.2. The Morgan fingerprint density at radius 1 is 1.24 bits per heavy atom. The van der Waals surface area contributed by atoms with E-state index in [0.29, 0.717) is 17.6 Å². The zero-order valence-corrected chi connectivity index (χ0v) is 13.4. The Kier molecular flexibility index (Phi) is 4.04. The van der Waals surface area contributed by atoms with Gasteiger partial charge in [-0.3, -0.25) is 4.90 Å². The minimum atomic E-state index is -4.43. The Morgan fingerprint density at radius 2 is 2.00 bits per heavy atom. The first-order valence-electron chi connectivity index (χ1n) is 8.32. The third-order valence-electron chi connectivity index (χ3n) is 4.76. The highest BCUT2D eigenvalue weighted by Crippen LogP contribution is 2.41. The second-order valence-corrected chi connectivity index (χ2v) is 6.74. The van der Waals surface area contributed by atoms with Gasteiger partial charge < -0.3 is 9.63 Å². The molecular weight excluding hydrogens is 335 g/mol. The SMILES string of the molecule is OC1CC(c2ccccc2C(F)(F)F)N(Cc2noc(C3CC3)n2)C1. The van der Waals surface area contributed by atoms with Crippen molar-refractivity contribution in [1.82, 2.24) is 15.0 Å². The Bertz CT molecular complexity index is 758. The van der Waals surface area contributed by atoms with Crippen LogP contribution >= 0.6 is 0 Å². The lowest BCUT2D eigenvalue weighted by atomic mass is 9.97. The van der Waals surface area contributed by atoms with E-state index in [0.717, 1.165) is 18.9 Å². The summed E-state index contributed by atoms with van der Waals surface area (Å²) in [6.07, 6.45) is -2.79. The highest BCUT2D eigenvalue weighted by atomic mass is 19.4. The van der Waals surface area contributed by atoms with Gasteiger partial charge in [-0.2, -0.15) is 18.2 Å². The molecule has 0 spiro atoms. The minimum Gasteiger partial charge on any atom is -0.392 e. The topological polar surface area (TPSA) is 62.4 Å². The summed E-state index contributed by atoms with van der Waals surface area (Å²) in [4.78, 5) is 6.13. The fraction of sp³-hybridized carbons (Fsp3) is 0.529. The number of nitrogens with zero attached hydrogens (tertiary/aromatic N) is 3. The average Bonchev–Trinajstić information content (AvgIpc) is 3.20. The lowest BCUT2D eigenvalue weighted by Gasteiger charge is -2.25. The van der Waals surface area contributed by atoms with E-state index in [-0.39, 0.29) is 25.1 Å². The van der Waals surface area contributed by atoms with E-state index in [1.54, 1.807) is 11.0 Å². The second-order valence-electron chi connectivity index (χ2n) is 6.74. The fourth-order valence-corrected chi connectivity index (χ4v) is 3.43. The molecule has 2 unspecified atom stereocenters. The number of β-amino-alcohol motifs (C(OH)–C–C–N with tert-alkyl or cyclic N) is 1. The van der Waals surface area contributed by atoms with Crippen LogP contribution in [0.15, 0.2) is 28.8 Å². The van der Waals surface area contributed by atoms with Crippen LogP contribution in [0.1, 0.15) is 54.1 Å². The quantitative estimate of drug-likeness (QED) is 0.914. The summed E-state index contributed by atoms with van der Waals surface area (Å²) in [5.74, 6) is 1.37. The lowest BCUT2D eigenvalue weighted by Crippen LogP contribution is -2.26. The average molecular weight is 353 g/mol. The van der Waals surface area contributed by atoms with Gasteiger partial charge in [-0.05, 0) is 30.9 Å². The van der Waals surface area contributed by atoms with E-state index in [1.807, 2.05) is 0 Å². The zero-order chi connectivity index (χ0) is 17.6. The Morgan fingerprint density at radius 3 is 2.72 bits per heavy atom. The first-order valence-corrected chi connectivity index (χ1v) is 8.32. The van der Waals surface area contributed by atoms with Gasteiger partial charge in [0, 0.05) is 18.5 Å². The molecule has 25 heavy (non-hydrogen) atoms. The molecule has 2 aliphatic rings. The molecule has 0 radical (unpaired) electrons. The molecule has 0 bridgehead atoms. The van der Waals surface area contributed by atoms with Crippen LogP contribution in [0.25, 0.3) is 0 Å². The molecule has 134 valence electrons. The molecule has 2 aromatic rings. The maximum atomic E-state index is 13.3. The van der Waals surface area contributed by atoms with Crippen LogP contribution in [-0.2, 0) is 12.7 Å². The molecule has 4 rings (SSSR count). The van der Waals surface area contributed by atoms with Crippen molar-refractivity contribution in [1.29, 1.82) is 0 Å². The lowest BCUT2D eigenvalue weighted by molar-refractivity contribution is -0.138. The maximum absolute atomic E-state index is 13.3. The molecule has 8 heteroatoms. The number of aliphatic hydroxyl groups excluding tert-OH is 1. The predicted molar refractivity (Wildman–Crippen MR) is 81.5 cm³/mol. The van der Waals surface area contributed by atoms with Crippen molar-refractivity contribution in [3.63, 3.8) is 0 Å². The summed E-state index contributed by atoms with van der Waals surface area (Å²) in [7, 11) is 0. The molecule has 5 nitrogen and oxygen atoms in total. The van der Waals surface area contributed by atoms with Crippen molar-refractivity contribution in [2.24, 2.45) is 0 Å². The van der Waals surface area contributed by atoms with Gasteiger partial charge in [-0.1, -0.05) is 23.4 Å². The second kappa shape index (κ2) is 6.10. The number of alkyl halides is 3. The molecule has 1 aliphatic carbocycles. The predicted octanol–water partition coefficient (Wildman–Crippen LogP) is 3.27. The molecule has 0 amide bonds. The Balaban J connectivity index is 1.59. The van der Waals surface area contributed by atoms with Gasteiger partial charge >= 0.3 is 6.18 Å². The van der Waals surface area contributed by atoms with Crippen LogP contribution in [0.2, 0.25) is 0 Å². The van der Waals surface area contributed by atoms with E-state index in [4.69, 9.17) is 4.52 Å². The van der Waals surface area contributed by atoms with Crippen molar-refractivity contribution in [2.45, 2.75) is 50.0 Å². The first kappa shape index (κ1) is 16.5. The van der Waals surface area contributed by atoms with Crippen molar-refractivity contribution in [3.8, 4) is 0 Å². The van der Waals surface area contributed by atoms with Crippen molar-refractivity contribution >= 4 is 0 Å². The van der Waals surface area contributed by atoms with E-state index in [9.17, 15) is 18.3 Å². The van der Waals surface area contributed by atoms with Crippen LogP contribution < -0.4 is 0 Å². The molecular formula is C17H18F3N3O2. The molecule has 1 N–H and O–H groups in total. The molecule has 1 aliphatic heterocycles. The van der Waals surface area contributed by atoms with Gasteiger partial charge in [0.1, 0.15) is 0 Å². The normalized spacial score (nSPS) is 24.8. The van der Waals surface area contributed by atoms with Gasteiger partial charge in [0.25, 0.3) is 0 Å². The highest BCUT2D eigenvalue weighted by molar-refractivity contribution is 5.33. The largest absolute Gasteiger partial charge is 0.416 e. The molecule has 2 atom stereocenters. The van der Waals surface area contributed by atoms with Crippen LogP contribution in [0.4, 0.5) is 13.2 Å². The smallest absolute Gasteiger partial charge is 0.392 e. The summed E-state index contributed by atoms with van der Waals surface area (Å²) >= 11 is 0. The van der Waals surface area contributed by atoms with Crippen LogP contribution in [0, 0.1) is 0 Å². The van der Waals surface area contributed by atoms with E-state index < -0.39 is 23.9 Å². The number of hydrogen-bond donors (Lipinski definition) is 1. The van der Waals surface area contributed by atoms with E-state index >= 15 is 0 Å². The standard InChI is InChI=1S/C17H18F3N3O2/c18-17(19,20)13-4-2-1-3-12(13)14-7-11(24)8-23(14)9-15-21-16(25-22-15)10-5-6-10/h1-4,10-11,14,24H,5-9H2. The number of hydrogen-bond acceptors (Lipinski definition) is 5. The zero-order valence-electron chi connectivity index (χ0n) is 13.4. The van der Waals surface area contributed by atoms with Crippen molar-refractivity contribution in [3.05, 3.63) is 47.1 Å². The summed E-state index contributed by atoms with van der Waals surface area (Å²) in [6.45, 7) is 0.536. The van der Waals surface area contributed by atoms with Crippen LogP contribution in [0.3, 0.4) is 0 Å². The number of halogens is 3. The van der Waals surface area contributed by atoms with Crippen LogP contribution in [-0.4, -0.2) is 32.8 Å². The summed E-state index contributed by atoms with van der Waals surface area (Å²) in [5, 5.41) is 14.0. The number of rotatable bonds is 4. The Hall–Kier alpha value is -1.93. The van der Waals surface area contributed by atoms with Gasteiger partial charge in [0.15, 0.2) is 5.82 Å². The molecule has 1 saturated heterocycles. The van der Waals surface area contributed by atoms with Gasteiger partial charge in [-0.25, -0.2) is 0 Å².